The number of carbonyl (C=O) groups excluding carboxylic acids is 1. The van der Waals surface area contributed by atoms with Gasteiger partial charge in [-0.25, -0.2) is 0 Å². The molecular weight excluding hydrogens is 244 g/mol. The van der Waals surface area contributed by atoms with Gasteiger partial charge in [0.1, 0.15) is 0 Å². The van der Waals surface area contributed by atoms with E-state index in [-0.39, 0.29) is 5.91 Å². The number of hydrogen-bond donors (Lipinski definition) is 0. The topological polar surface area (TPSA) is 23.6 Å². The van der Waals surface area contributed by atoms with Gasteiger partial charge in [0.15, 0.2) is 0 Å². The third-order valence-electron chi connectivity index (χ3n) is 4.30. The third-order valence-corrected chi connectivity index (χ3v) is 4.98. The van der Waals surface area contributed by atoms with Gasteiger partial charge in [-0.1, -0.05) is 0 Å². The second kappa shape index (κ2) is 4.67. The van der Waals surface area contributed by atoms with Gasteiger partial charge in [-0.05, 0) is 37.1 Å². The van der Waals surface area contributed by atoms with Crippen molar-refractivity contribution in [1.82, 2.24) is 9.80 Å². The van der Waals surface area contributed by atoms with Crippen LogP contribution in [-0.2, 0) is 0 Å². The number of thiophene rings is 1. The quantitative estimate of drug-likeness (QED) is 0.817. The van der Waals surface area contributed by atoms with Crippen LogP contribution in [0.25, 0.3) is 0 Å². The van der Waals surface area contributed by atoms with Crippen molar-refractivity contribution < 1.29 is 4.79 Å². The summed E-state index contributed by atoms with van der Waals surface area (Å²) in [5.74, 6) is 1.60. The molecule has 0 aromatic carbocycles. The summed E-state index contributed by atoms with van der Waals surface area (Å²) in [6, 6.07) is 2.57. The van der Waals surface area contributed by atoms with E-state index in [1.54, 1.807) is 11.3 Å². The molecule has 2 fully saturated rings. The Hall–Kier alpha value is -0.870. The van der Waals surface area contributed by atoms with Gasteiger partial charge in [-0.15, -0.1) is 0 Å². The Morgan fingerprint density at radius 1 is 1.28 bits per heavy atom. The van der Waals surface area contributed by atoms with Crippen LogP contribution >= 0.6 is 11.3 Å². The largest absolute Gasteiger partial charge is 0.338 e. The maximum atomic E-state index is 12.3. The average molecular weight is 264 g/mol. The first-order valence-corrected chi connectivity index (χ1v) is 7.65. The zero-order valence-corrected chi connectivity index (χ0v) is 11.8. The second-order valence-corrected chi connectivity index (χ2v) is 6.57. The predicted molar refractivity (Wildman–Crippen MR) is 73.9 cm³/mol. The van der Waals surface area contributed by atoms with Crippen molar-refractivity contribution in [3.05, 3.63) is 22.4 Å². The second-order valence-electron chi connectivity index (χ2n) is 5.79. The number of hydrogen-bond acceptors (Lipinski definition) is 3. The highest BCUT2D eigenvalue weighted by Crippen LogP contribution is 2.32. The van der Waals surface area contributed by atoms with Crippen molar-refractivity contribution >= 4 is 17.2 Å². The molecule has 1 amide bonds. The number of rotatable bonds is 2. The Morgan fingerprint density at radius 3 is 2.44 bits per heavy atom. The van der Waals surface area contributed by atoms with E-state index in [4.69, 9.17) is 0 Å². The lowest BCUT2D eigenvalue weighted by molar-refractivity contribution is 0.0772. The fourth-order valence-corrected chi connectivity index (χ4v) is 3.82. The lowest BCUT2D eigenvalue weighted by Gasteiger charge is -2.24. The van der Waals surface area contributed by atoms with Crippen LogP contribution in [0.5, 0.6) is 0 Å². The van der Waals surface area contributed by atoms with Crippen LogP contribution in [0.15, 0.2) is 16.8 Å². The van der Waals surface area contributed by atoms with Crippen molar-refractivity contribution in [2.24, 2.45) is 11.8 Å². The first-order chi connectivity index (χ1) is 8.65. The molecule has 0 spiro atoms. The highest BCUT2D eigenvalue weighted by molar-refractivity contribution is 7.08. The maximum absolute atomic E-state index is 12.3. The summed E-state index contributed by atoms with van der Waals surface area (Å²) in [4.78, 5) is 16.9. The molecule has 2 unspecified atom stereocenters. The summed E-state index contributed by atoms with van der Waals surface area (Å²) < 4.78 is 0. The Labute approximate surface area is 112 Å². The van der Waals surface area contributed by atoms with E-state index in [1.807, 2.05) is 16.8 Å². The summed E-state index contributed by atoms with van der Waals surface area (Å²) >= 11 is 1.60. The monoisotopic (exact) mass is 264 g/mol. The molecular formula is C14H20N2OS. The Kier molecular flexibility index (Phi) is 3.16. The Bertz CT molecular complexity index is 415. The van der Waals surface area contributed by atoms with E-state index >= 15 is 0 Å². The molecule has 0 bridgehead atoms. The normalized spacial score (nSPS) is 28.1. The highest BCUT2D eigenvalue weighted by Gasteiger charge is 2.42. The van der Waals surface area contributed by atoms with E-state index < -0.39 is 0 Å². The zero-order valence-electron chi connectivity index (χ0n) is 11.0. The number of carbonyl (C=O) groups is 1. The molecule has 2 saturated heterocycles. The summed E-state index contributed by atoms with van der Waals surface area (Å²) in [5, 5.41) is 3.93. The molecule has 0 N–H and O–H groups in total. The fraction of sp³-hybridized carbons (Fsp3) is 0.643. The summed E-state index contributed by atoms with van der Waals surface area (Å²) in [6.45, 7) is 8.74. The van der Waals surface area contributed by atoms with Crippen LogP contribution in [0.4, 0.5) is 0 Å². The van der Waals surface area contributed by atoms with Crippen molar-refractivity contribution in [3.8, 4) is 0 Å². The molecule has 1 aromatic heterocycles. The van der Waals surface area contributed by atoms with Crippen molar-refractivity contribution in [2.75, 3.05) is 26.2 Å². The van der Waals surface area contributed by atoms with Gasteiger partial charge in [-0.2, -0.15) is 11.3 Å². The molecule has 2 aliphatic heterocycles. The molecule has 0 radical (unpaired) electrons. The van der Waals surface area contributed by atoms with Gasteiger partial charge >= 0.3 is 0 Å². The van der Waals surface area contributed by atoms with Gasteiger partial charge in [0.2, 0.25) is 0 Å². The van der Waals surface area contributed by atoms with Crippen molar-refractivity contribution in [1.29, 1.82) is 0 Å². The van der Waals surface area contributed by atoms with Gasteiger partial charge in [0, 0.05) is 37.6 Å². The molecule has 0 aliphatic carbocycles. The number of fused-ring (bicyclic) bond motifs is 1. The molecule has 0 saturated carbocycles. The van der Waals surface area contributed by atoms with Crippen LogP contribution in [-0.4, -0.2) is 47.9 Å². The van der Waals surface area contributed by atoms with Crippen LogP contribution in [0.2, 0.25) is 0 Å². The summed E-state index contributed by atoms with van der Waals surface area (Å²) in [7, 11) is 0. The molecule has 3 rings (SSSR count). The minimum atomic E-state index is 0.224. The van der Waals surface area contributed by atoms with Crippen LogP contribution < -0.4 is 0 Å². The maximum Gasteiger partial charge on any atom is 0.254 e. The van der Waals surface area contributed by atoms with Crippen LogP contribution in [0.3, 0.4) is 0 Å². The van der Waals surface area contributed by atoms with Gasteiger partial charge < -0.3 is 9.80 Å². The first-order valence-electron chi connectivity index (χ1n) is 6.70. The lowest BCUT2D eigenvalue weighted by Crippen LogP contribution is -2.35. The van der Waals surface area contributed by atoms with E-state index in [0.29, 0.717) is 17.9 Å². The number of likely N-dealkylation sites (tertiary alicyclic amines) is 2. The molecule has 98 valence electrons. The van der Waals surface area contributed by atoms with E-state index in [2.05, 4.69) is 23.6 Å². The third kappa shape index (κ3) is 2.08. The molecule has 3 heterocycles. The minimum Gasteiger partial charge on any atom is -0.338 e. The molecule has 4 heteroatoms. The summed E-state index contributed by atoms with van der Waals surface area (Å²) in [5.41, 5.74) is 0.862. The molecule has 18 heavy (non-hydrogen) atoms. The summed E-state index contributed by atoms with van der Waals surface area (Å²) in [6.07, 6.45) is 0. The minimum absolute atomic E-state index is 0.224. The van der Waals surface area contributed by atoms with E-state index in [9.17, 15) is 4.79 Å². The van der Waals surface area contributed by atoms with Crippen molar-refractivity contribution in [3.63, 3.8) is 0 Å². The smallest absolute Gasteiger partial charge is 0.254 e. The number of amides is 1. The zero-order chi connectivity index (χ0) is 12.7. The van der Waals surface area contributed by atoms with Crippen LogP contribution in [0, 0.1) is 11.8 Å². The molecule has 1 aromatic rings. The molecule has 3 nitrogen and oxygen atoms in total. The van der Waals surface area contributed by atoms with Gasteiger partial charge in [0.25, 0.3) is 5.91 Å². The average Bonchev–Trinajstić information content (AvgIpc) is 3.03. The van der Waals surface area contributed by atoms with E-state index in [1.165, 1.54) is 0 Å². The van der Waals surface area contributed by atoms with Gasteiger partial charge in [-0.3, -0.25) is 4.79 Å². The van der Waals surface area contributed by atoms with E-state index in [0.717, 1.165) is 31.7 Å². The van der Waals surface area contributed by atoms with Crippen LogP contribution in [0.1, 0.15) is 24.2 Å². The van der Waals surface area contributed by atoms with Gasteiger partial charge in [0.05, 0.1) is 5.56 Å². The highest BCUT2D eigenvalue weighted by atomic mass is 32.1. The fourth-order valence-electron chi connectivity index (χ4n) is 3.19. The molecule has 2 aliphatic rings. The number of nitrogens with zero attached hydrogens (tertiary/aromatic N) is 2. The SMILES string of the molecule is CC(C)N1CC2CN(C(=O)c3ccsc3)CC2C1. The molecule has 2 atom stereocenters. The Balaban J connectivity index is 1.63. The van der Waals surface area contributed by atoms with Crippen molar-refractivity contribution in [2.45, 2.75) is 19.9 Å². The predicted octanol–water partition coefficient (Wildman–Crippen LogP) is 2.16. The lowest BCUT2D eigenvalue weighted by atomic mass is 10.0. The Morgan fingerprint density at radius 2 is 1.94 bits per heavy atom. The first kappa shape index (κ1) is 12.2. The standard InChI is InChI=1S/C14H20N2OS/c1-10(2)15-5-12-7-16(8-13(12)6-15)14(17)11-3-4-18-9-11/h3-4,9-10,12-13H,5-8H2,1-2H3.